The van der Waals surface area contributed by atoms with E-state index in [0.29, 0.717) is 16.9 Å². The molecule has 0 atom stereocenters. The van der Waals surface area contributed by atoms with E-state index in [1.807, 2.05) is 26.0 Å². The van der Waals surface area contributed by atoms with Gasteiger partial charge in [0, 0.05) is 10.7 Å². The van der Waals surface area contributed by atoms with E-state index in [4.69, 9.17) is 27.9 Å². The molecule has 1 aromatic heterocycles. The molecule has 2 aromatic rings. The second kappa shape index (κ2) is 6.63. The van der Waals surface area contributed by atoms with Crippen LogP contribution < -0.4 is 4.74 Å². The van der Waals surface area contributed by atoms with E-state index in [0.717, 1.165) is 27.6 Å². The molecule has 0 aliphatic carbocycles. The molecule has 5 heteroatoms. The first-order valence-corrected chi connectivity index (χ1v) is 7.55. The summed E-state index contributed by atoms with van der Waals surface area (Å²) in [6.45, 7) is 8.33. The van der Waals surface area contributed by atoms with Crippen molar-refractivity contribution in [1.29, 1.82) is 0 Å². The van der Waals surface area contributed by atoms with Crippen LogP contribution in [0.25, 0.3) is 0 Å². The summed E-state index contributed by atoms with van der Waals surface area (Å²) in [5.74, 6) is 1.70. The third-order valence-corrected chi connectivity index (χ3v) is 3.66. The largest absolute Gasteiger partial charge is 0.485 e. The average Bonchev–Trinajstić information content (AvgIpc) is 2.36. The first-order valence-electron chi connectivity index (χ1n) is 6.79. The van der Waals surface area contributed by atoms with Gasteiger partial charge in [0.25, 0.3) is 0 Å². The molecule has 0 radical (unpaired) electrons. The van der Waals surface area contributed by atoms with Gasteiger partial charge in [0.05, 0.1) is 0 Å². The van der Waals surface area contributed by atoms with Crippen LogP contribution in [0.5, 0.6) is 5.75 Å². The lowest BCUT2D eigenvalue weighted by Crippen LogP contribution is -2.04. The van der Waals surface area contributed by atoms with Gasteiger partial charge in [0.2, 0.25) is 0 Å². The van der Waals surface area contributed by atoms with Gasteiger partial charge < -0.3 is 4.74 Å². The summed E-state index contributed by atoms with van der Waals surface area (Å²) in [6, 6.07) is 5.63. The highest BCUT2D eigenvalue weighted by atomic mass is 35.5. The topological polar surface area (TPSA) is 35.0 Å². The fourth-order valence-corrected chi connectivity index (χ4v) is 2.75. The van der Waals surface area contributed by atoms with Crippen LogP contribution in [0.4, 0.5) is 0 Å². The zero-order valence-electron chi connectivity index (χ0n) is 12.6. The highest BCUT2D eigenvalue weighted by molar-refractivity contribution is 6.31. The Bertz CT molecular complexity index is 637. The van der Waals surface area contributed by atoms with E-state index in [1.54, 1.807) is 6.07 Å². The predicted molar refractivity (Wildman–Crippen MR) is 86.4 cm³/mol. The van der Waals surface area contributed by atoms with Gasteiger partial charge in [-0.05, 0) is 49.1 Å². The normalized spacial score (nSPS) is 11.0. The van der Waals surface area contributed by atoms with Crippen molar-refractivity contribution in [3.63, 3.8) is 0 Å². The molecule has 0 aliphatic rings. The van der Waals surface area contributed by atoms with Crippen LogP contribution in [0.3, 0.4) is 0 Å². The van der Waals surface area contributed by atoms with E-state index in [2.05, 4.69) is 23.8 Å². The molecule has 0 amide bonds. The molecular formula is C16H18Cl2N2O. The predicted octanol–water partition coefficient (Wildman–Crippen LogP) is 5.10. The van der Waals surface area contributed by atoms with Crippen molar-refractivity contribution in [3.8, 4) is 5.75 Å². The van der Waals surface area contributed by atoms with Gasteiger partial charge in [-0.3, -0.25) is 0 Å². The van der Waals surface area contributed by atoms with E-state index in [-0.39, 0.29) is 6.61 Å². The second-order valence-corrected chi connectivity index (χ2v) is 6.13. The number of aryl methyl sites for hydroxylation is 2. The Balaban J connectivity index is 2.21. The summed E-state index contributed by atoms with van der Waals surface area (Å²) in [4.78, 5) is 8.46. The number of nitrogens with zero attached hydrogens (tertiary/aromatic N) is 2. The molecule has 3 nitrogen and oxygen atoms in total. The Labute approximate surface area is 135 Å². The minimum absolute atomic E-state index is 0.279. The van der Waals surface area contributed by atoms with Crippen LogP contribution in [0, 0.1) is 13.8 Å². The van der Waals surface area contributed by atoms with Gasteiger partial charge in [-0.25, -0.2) is 9.97 Å². The number of hydrogen-bond donors (Lipinski definition) is 0. The van der Waals surface area contributed by atoms with Crippen LogP contribution in [0.2, 0.25) is 10.2 Å². The molecule has 0 bridgehead atoms. The van der Waals surface area contributed by atoms with Gasteiger partial charge in [-0.2, -0.15) is 0 Å². The van der Waals surface area contributed by atoms with Gasteiger partial charge in [0.15, 0.2) is 5.82 Å². The van der Waals surface area contributed by atoms with Crippen LogP contribution in [-0.4, -0.2) is 9.97 Å². The molecule has 0 N–H and O–H groups in total. The number of halogens is 2. The van der Waals surface area contributed by atoms with E-state index in [9.17, 15) is 0 Å². The standard InChI is InChI=1S/C16H18Cl2N2O/c1-9(2)12-7-14(10(3)5-13(12)17)21-8-16-19-11(4)6-15(18)20-16/h5-7,9H,8H2,1-4H3. The van der Waals surface area contributed by atoms with Gasteiger partial charge in [-0.1, -0.05) is 37.0 Å². The third kappa shape index (κ3) is 4.08. The molecule has 0 aliphatic heterocycles. The van der Waals surface area contributed by atoms with Crippen LogP contribution in [0.15, 0.2) is 18.2 Å². The number of aromatic nitrogens is 2. The molecule has 0 fully saturated rings. The molecule has 0 saturated heterocycles. The SMILES string of the molecule is Cc1cc(Cl)nc(COc2cc(C(C)C)c(Cl)cc2C)n1. The quantitative estimate of drug-likeness (QED) is 0.733. The summed E-state index contributed by atoms with van der Waals surface area (Å²) in [5.41, 5.74) is 2.88. The molecule has 0 spiro atoms. The van der Waals surface area contributed by atoms with E-state index >= 15 is 0 Å². The average molecular weight is 325 g/mol. The summed E-state index contributed by atoms with van der Waals surface area (Å²) in [5, 5.41) is 1.20. The van der Waals surface area contributed by atoms with Crippen LogP contribution in [0.1, 0.15) is 42.4 Å². The summed E-state index contributed by atoms with van der Waals surface area (Å²) < 4.78 is 5.84. The van der Waals surface area contributed by atoms with Crippen molar-refractivity contribution in [1.82, 2.24) is 9.97 Å². The maximum absolute atomic E-state index is 6.26. The first-order chi connectivity index (χ1) is 9.86. The van der Waals surface area contributed by atoms with Crippen molar-refractivity contribution in [2.75, 3.05) is 0 Å². The maximum atomic E-state index is 6.26. The van der Waals surface area contributed by atoms with Crippen molar-refractivity contribution in [3.05, 3.63) is 51.0 Å². The molecule has 1 heterocycles. The van der Waals surface area contributed by atoms with Gasteiger partial charge >= 0.3 is 0 Å². The number of hydrogen-bond acceptors (Lipinski definition) is 3. The first kappa shape index (κ1) is 16.1. The monoisotopic (exact) mass is 324 g/mol. The van der Waals surface area contributed by atoms with E-state index in [1.165, 1.54) is 0 Å². The molecule has 112 valence electrons. The summed E-state index contributed by atoms with van der Waals surface area (Å²) >= 11 is 12.2. The van der Waals surface area contributed by atoms with Crippen molar-refractivity contribution in [2.24, 2.45) is 0 Å². The minimum Gasteiger partial charge on any atom is -0.485 e. The van der Waals surface area contributed by atoms with Crippen molar-refractivity contribution >= 4 is 23.2 Å². The van der Waals surface area contributed by atoms with Crippen molar-refractivity contribution < 1.29 is 4.74 Å². The van der Waals surface area contributed by atoms with Gasteiger partial charge in [0.1, 0.15) is 17.5 Å². The highest BCUT2D eigenvalue weighted by Gasteiger charge is 2.11. The molecule has 0 saturated carbocycles. The van der Waals surface area contributed by atoms with Gasteiger partial charge in [-0.15, -0.1) is 0 Å². The Morgan fingerprint density at radius 3 is 2.43 bits per heavy atom. The van der Waals surface area contributed by atoms with Crippen LogP contribution in [-0.2, 0) is 6.61 Å². The fourth-order valence-electron chi connectivity index (χ4n) is 2.06. The highest BCUT2D eigenvalue weighted by Crippen LogP contribution is 2.31. The minimum atomic E-state index is 0.279. The molecule has 2 rings (SSSR count). The zero-order chi connectivity index (χ0) is 15.6. The summed E-state index contributed by atoms with van der Waals surface area (Å²) in [7, 11) is 0. The summed E-state index contributed by atoms with van der Waals surface area (Å²) in [6.07, 6.45) is 0. The Kier molecular flexibility index (Phi) is 5.07. The third-order valence-electron chi connectivity index (χ3n) is 3.14. The molecule has 1 aromatic carbocycles. The lowest BCUT2D eigenvalue weighted by atomic mass is 10.0. The number of rotatable bonds is 4. The zero-order valence-corrected chi connectivity index (χ0v) is 14.1. The Hall–Kier alpha value is -1.32. The molecule has 21 heavy (non-hydrogen) atoms. The number of ether oxygens (including phenoxy) is 1. The second-order valence-electron chi connectivity index (χ2n) is 5.33. The van der Waals surface area contributed by atoms with Crippen LogP contribution >= 0.6 is 23.2 Å². The Morgan fingerprint density at radius 1 is 1.10 bits per heavy atom. The lowest BCUT2D eigenvalue weighted by Gasteiger charge is -2.14. The maximum Gasteiger partial charge on any atom is 0.167 e. The van der Waals surface area contributed by atoms with Crippen molar-refractivity contribution in [2.45, 2.75) is 40.2 Å². The molecular weight excluding hydrogens is 307 g/mol. The fraction of sp³-hybridized carbons (Fsp3) is 0.375. The number of benzene rings is 1. The molecule has 0 unspecified atom stereocenters. The lowest BCUT2D eigenvalue weighted by molar-refractivity contribution is 0.293. The smallest absolute Gasteiger partial charge is 0.167 e. The Morgan fingerprint density at radius 2 is 1.81 bits per heavy atom. The van der Waals surface area contributed by atoms with E-state index < -0.39 is 0 Å².